The number of sulfonamides is 1. The van der Waals surface area contributed by atoms with Gasteiger partial charge in [-0.05, 0) is 12.8 Å². The molecule has 0 spiro atoms. The molecule has 0 aromatic heterocycles. The molecule has 0 unspecified atom stereocenters. The zero-order valence-electron chi connectivity index (χ0n) is 10.9. The van der Waals surface area contributed by atoms with E-state index in [0.717, 1.165) is 25.5 Å². The van der Waals surface area contributed by atoms with Crippen molar-refractivity contribution in [2.75, 3.05) is 12.8 Å². The van der Waals surface area contributed by atoms with Crippen molar-refractivity contribution in [2.24, 2.45) is 0 Å². The molecule has 0 aromatic carbocycles. The number of rotatable bonds is 6. The number of carboxylic acid groups (broad SMARTS) is 1. The van der Waals surface area contributed by atoms with Crippen LogP contribution in [0, 0.1) is 0 Å². The van der Waals surface area contributed by atoms with Crippen LogP contribution in [0.1, 0.15) is 38.5 Å². The molecule has 0 radical (unpaired) electrons. The largest absolute Gasteiger partial charge is 0.481 e. The third-order valence-corrected chi connectivity index (χ3v) is 3.87. The Balaban J connectivity index is 2.61. The van der Waals surface area contributed by atoms with Gasteiger partial charge in [0.05, 0.1) is 24.8 Å². The highest BCUT2D eigenvalue weighted by atomic mass is 32.2. The summed E-state index contributed by atoms with van der Waals surface area (Å²) in [5.41, 5.74) is -0.736. The SMILES string of the molecule is CS(=O)(=O)NCC(=O)NC1(CC(=O)O)CCCCC1. The predicted octanol–water partition coefficient (Wildman–Crippen LogP) is -0.171. The molecule has 0 bridgehead atoms. The summed E-state index contributed by atoms with van der Waals surface area (Å²) < 4.78 is 23.9. The van der Waals surface area contributed by atoms with Crippen molar-refractivity contribution in [3.05, 3.63) is 0 Å². The van der Waals surface area contributed by atoms with E-state index in [9.17, 15) is 18.0 Å². The fourth-order valence-electron chi connectivity index (χ4n) is 2.40. The van der Waals surface area contributed by atoms with Gasteiger partial charge in [0.2, 0.25) is 15.9 Å². The maximum atomic E-state index is 11.7. The summed E-state index contributed by atoms with van der Waals surface area (Å²) in [5.74, 6) is -1.45. The van der Waals surface area contributed by atoms with E-state index in [1.807, 2.05) is 0 Å². The van der Waals surface area contributed by atoms with Crippen molar-refractivity contribution in [3.63, 3.8) is 0 Å². The molecule has 0 aliphatic heterocycles. The molecular formula is C11H20N2O5S. The monoisotopic (exact) mass is 292 g/mol. The van der Waals surface area contributed by atoms with Crippen LogP contribution in [-0.4, -0.2) is 43.7 Å². The Bertz CT molecular complexity index is 440. The average molecular weight is 292 g/mol. The van der Waals surface area contributed by atoms with Gasteiger partial charge in [-0.2, -0.15) is 0 Å². The lowest BCUT2D eigenvalue weighted by Crippen LogP contribution is -2.53. The van der Waals surface area contributed by atoms with Gasteiger partial charge in [0, 0.05) is 0 Å². The van der Waals surface area contributed by atoms with Gasteiger partial charge in [0.15, 0.2) is 0 Å². The lowest BCUT2D eigenvalue weighted by atomic mass is 9.79. The van der Waals surface area contributed by atoms with Crippen molar-refractivity contribution in [2.45, 2.75) is 44.1 Å². The molecule has 1 amide bonds. The van der Waals surface area contributed by atoms with Crippen LogP contribution in [0.5, 0.6) is 0 Å². The Morgan fingerprint density at radius 1 is 1.21 bits per heavy atom. The van der Waals surface area contributed by atoms with Crippen LogP contribution in [0.15, 0.2) is 0 Å². The molecule has 1 rings (SSSR count). The van der Waals surface area contributed by atoms with Gasteiger partial charge in [-0.3, -0.25) is 9.59 Å². The van der Waals surface area contributed by atoms with Crippen molar-refractivity contribution in [3.8, 4) is 0 Å². The van der Waals surface area contributed by atoms with Gasteiger partial charge in [0.25, 0.3) is 0 Å². The number of aliphatic carboxylic acids is 1. The van der Waals surface area contributed by atoms with Gasteiger partial charge in [-0.1, -0.05) is 19.3 Å². The topological polar surface area (TPSA) is 113 Å². The molecule has 3 N–H and O–H groups in total. The van der Waals surface area contributed by atoms with E-state index in [1.165, 1.54) is 0 Å². The van der Waals surface area contributed by atoms with E-state index in [1.54, 1.807) is 0 Å². The standard InChI is InChI=1S/C11H20N2O5S/c1-19(17,18)12-8-9(14)13-11(7-10(15)16)5-3-2-4-6-11/h12H,2-8H2,1H3,(H,13,14)(H,15,16). The second-order valence-corrected chi connectivity index (χ2v) is 6.89. The molecule has 0 heterocycles. The number of hydrogen-bond acceptors (Lipinski definition) is 4. The van der Waals surface area contributed by atoms with Gasteiger partial charge >= 0.3 is 5.97 Å². The number of carboxylic acids is 1. The van der Waals surface area contributed by atoms with Crippen LogP contribution in [0.3, 0.4) is 0 Å². The highest BCUT2D eigenvalue weighted by molar-refractivity contribution is 7.88. The van der Waals surface area contributed by atoms with E-state index in [4.69, 9.17) is 5.11 Å². The molecule has 1 aliphatic carbocycles. The fourth-order valence-corrected chi connectivity index (χ4v) is 2.79. The molecule has 8 heteroatoms. The van der Waals surface area contributed by atoms with E-state index in [2.05, 4.69) is 10.0 Å². The minimum absolute atomic E-state index is 0.127. The van der Waals surface area contributed by atoms with Crippen molar-refractivity contribution in [1.29, 1.82) is 0 Å². The number of carbonyl (C=O) groups is 2. The van der Waals surface area contributed by atoms with Gasteiger partial charge in [0.1, 0.15) is 0 Å². The quantitative estimate of drug-likeness (QED) is 0.629. The van der Waals surface area contributed by atoms with Gasteiger partial charge in [-0.15, -0.1) is 0 Å². The first-order valence-electron chi connectivity index (χ1n) is 6.20. The normalized spacial score (nSPS) is 18.8. The zero-order chi connectivity index (χ0) is 14.5. The molecule has 0 saturated heterocycles. The lowest BCUT2D eigenvalue weighted by Gasteiger charge is -2.37. The van der Waals surface area contributed by atoms with Crippen LogP contribution in [-0.2, 0) is 19.6 Å². The van der Waals surface area contributed by atoms with Crippen LogP contribution >= 0.6 is 0 Å². The second-order valence-electron chi connectivity index (χ2n) is 5.05. The number of carbonyl (C=O) groups excluding carboxylic acids is 1. The van der Waals surface area contributed by atoms with E-state index >= 15 is 0 Å². The number of hydrogen-bond donors (Lipinski definition) is 3. The fraction of sp³-hybridized carbons (Fsp3) is 0.818. The zero-order valence-corrected chi connectivity index (χ0v) is 11.8. The minimum Gasteiger partial charge on any atom is -0.481 e. The molecule has 0 atom stereocenters. The molecule has 0 aromatic rings. The van der Waals surface area contributed by atoms with Crippen LogP contribution in [0.25, 0.3) is 0 Å². The number of nitrogens with one attached hydrogen (secondary N) is 2. The third-order valence-electron chi connectivity index (χ3n) is 3.20. The molecule has 110 valence electrons. The molecular weight excluding hydrogens is 272 g/mol. The first kappa shape index (κ1) is 15.9. The van der Waals surface area contributed by atoms with Crippen molar-refractivity contribution < 1.29 is 23.1 Å². The van der Waals surface area contributed by atoms with Gasteiger partial charge in [-0.25, -0.2) is 13.1 Å². The second kappa shape index (κ2) is 6.33. The Labute approximate surface area is 112 Å². The third kappa shape index (κ3) is 6.02. The van der Waals surface area contributed by atoms with E-state index in [0.29, 0.717) is 12.8 Å². The van der Waals surface area contributed by atoms with Crippen molar-refractivity contribution in [1.82, 2.24) is 10.0 Å². The first-order chi connectivity index (χ1) is 8.72. The van der Waals surface area contributed by atoms with Gasteiger partial charge < -0.3 is 10.4 Å². The molecule has 1 aliphatic rings. The first-order valence-corrected chi connectivity index (χ1v) is 8.09. The van der Waals surface area contributed by atoms with Crippen LogP contribution < -0.4 is 10.0 Å². The Hall–Kier alpha value is -1.15. The number of amides is 1. The van der Waals surface area contributed by atoms with E-state index < -0.39 is 27.4 Å². The summed E-state index contributed by atoms with van der Waals surface area (Å²) in [6, 6.07) is 0. The minimum atomic E-state index is -3.43. The summed E-state index contributed by atoms with van der Waals surface area (Å²) in [6.07, 6.45) is 4.83. The average Bonchev–Trinajstić information content (AvgIpc) is 2.25. The smallest absolute Gasteiger partial charge is 0.305 e. The molecule has 7 nitrogen and oxygen atoms in total. The van der Waals surface area contributed by atoms with Crippen LogP contribution in [0.2, 0.25) is 0 Å². The maximum Gasteiger partial charge on any atom is 0.305 e. The highest BCUT2D eigenvalue weighted by Crippen LogP contribution is 2.31. The van der Waals surface area contributed by atoms with Crippen LogP contribution in [0.4, 0.5) is 0 Å². The summed E-state index contributed by atoms with van der Waals surface area (Å²) in [5, 5.41) is 11.6. The summed E-state index contributed by atoms with van der Waals surface area (Å²) in [7, 11) is -3.43. The Morgan fingerprint density at radius 3 is 2.26 bits per heavy atom. The maximum absolute atomic E-state index is 11.7. The highest BCUT2D eigenvalue weighted by Gasteiger charge is 2.35. The summed E-state index contributed by atoms with van der Waals surface area (Å²) in [4.78, 5) is 22.6. The summed E-state index contributed by atoms with van der Waals surface area (Å²) >= 11 is 0. The Kier molecular flexibility index (Phi) is 5.30. The summed E-state index contributed by atoms with van der Waals surface area (Å²) in [6.45, 7) is -0.361. The molecule has 19 heavy (non-hydrogen) atoms. The predicted molar refractivity (Wildman–Crippen MR) is 69.1 cm³/mol. The van der Waals surface area contributed by atoms with E-state index in [-0.39, 0.29) is 13.0 Å². The molecule has 1 saturated carbocycles. The Morgan fingerprint density at radius 2 is 1.79 bits per heavy atom. The molecule has 1 fully saturated rings. The lowest BCUT2D eigenvalue weighted by molar-refractivity contribution is -0.139. The van der Waals surface area contributed by atoms with Crippen molar-refractivity contribution >= 4 is 21.9 Å².